The highest BCUT2D eigenvalue weighted by molar-refractivity contribution is 7.99. The Labute approximate surface area is 195 Å². The van der Waals surface area contributed by atoms with E-state index in [2.05, 4.69) is 15.5 Å². The molecular weight excluding hydrogens is 442 g/mol. The minimum absolute atomic E-state index is 0.120. The molecule has 9 heteroatoms. The fraction of sp³-hybridized carbons (Fsp3) is 0.208. The summed E-state index contributed by atoms with van der Waals surface area (Å²) in [6.07, 6.45) is 1.56. The Kier molecular flexibility index (Phi) is 6.99. The van der Waals surface area contributed by atoms with Crippen LogP contribution in [0.4, 0.5) is 0 Å². The van der Waals surface area contributed by atoms with Crippen molar-refractivity contribution in [1.29, 1.82) is 0 Å². The molecule has 0 saturated carbocycles. The Bertz CT molecular complexity index is 1150. The molecule has 33 heavy (non-hydrogen) atoms. The van der Waals surface area contributed by atoms with E-state index in [1.165, 1.54) is 11.8 Å². The standard InChI is InChI=1S/C24H23N3O5S/c1-15-20(12-13-31-15)23-26-27-24(32-23)33-14-21(28)25-22(16-4-8-18(29-2)9-5-16)17-6-10-19(30-3)11-7-17/h4-13,22H,14H2,1-3H3,(H,25,28). The van der Waals surface area contributed by atoms with Gasteiger partial charge in [-0.15, -0.1) is 10.2 Å². The second-order valence-electron chi connectivity index (χ2n) is 7.10. The summed E-state index contributed by atoms with van der Waals surface area (Å²) in [5, 5.41) is 11.5. The minimum atomic E-state index is -0.346. The first kappa shape index (κ1) is 22.5. The smallest absolute Gasteiger partial charge is 0.277 e. The third kappa shape index (κ3) is 5.38. The lowest BCUT2D eigenvalue weighted by molar-refractivity contribution is -0.119. The van der Waals surface area contributed by atoms with Gasteiger partial charge in [-0.1, -0.05) is 36.0 Å². The largest absolute Gasteiger partial charge is 0.497 e. The molecule has 0 aliphatic carbocycles. The first-order valence-corrected chi connectivity index (χ1v) is 11.1. The number of aromatic nitrogens is 2. The van der Waals surface area contributed by atoms with Gasteiger partial charge in [-0.2, -0.15) is 0 Å². The molecule has 2 aromatic carbocycles. The first-order chi connectivity index (χ1) is 16.1. The molecule has 0 fully saturated rings. The number of rotatable bonds is 9. The SMILES string of the molecule is COc1ccc(C(NC(=O)CSc2nnc(-c3ccoc3C)o2)c2ccc(OC)cc2)cc1. The van der Waals surface area contributed by atoms with Gasteiger partial charge in [0.2, 0.25) is 5.91 Å². The van der Waals surface area contributed by atoms with Gasteiger partial charge < -0.3 is 23.6 Å². The summed E-state index contributed by atoms with van der Waals surface area (Å²) in [5.74, 6) is 2.49. The number of hydrogen-bond acceptors (Lipinski definition) is 8. The van der Waals surface area contributed by atoms with E-state index in [0.29, 0.717) is 16.9 Å². The molecule has 0 bridgehead atoms. The number of nitrogens with zero attached hydrogens (tertiary/aromatic N) is 2. The lowest BCUT2D eigenvalue weighted by Crippen LogP contribution is -2.30. The van der Waals surface area contributed by atoms with E-state index < -0.39 is 0 Å². The Morgan fingerprint density at radius 1 is 0.970 bits per heavy atom. The van der Waals surface area contributed by atoms with Gasteiger partial charge in [0.25, 0.3) is 11.1 Å². The topological polar surface area (TPSA) is 99.6 Å². The highest BCUT2D eigenvalue weighted by atomic mass is 32.2. The van der Waals surface area contributed by atoms with Crippen molar-refractivity contribution in [1.82, 2.24) is 15.5 Å². The Balaban J connectivity index is 1.46. The van der Waals surface area contributed by atoms with E-state index in [1.807, 2.05) is 55.5 Å². The Hall–Kier alpha value is -3.72. The Morgan fingerprint density at radius 3 is 2.09 bits per heavy atom. The lowest BCUT2D eigenvalue weighted by Gasteiger charge is -2.20. The van der Waals surface area contributed by atoms with Crippen LogP contribution in [0.15, 0.2) is 74.9 Å². The van der Waals surface area contributed by atoms with Crippen LogP contribution in [0.3, 0.4) is 0 Å². The summed E-state index contributed by atoms with van der Waals surface area (Å²) in [6.45, 7) is 1.82. The average molecular weight is 466 g/mol. The van der Waals surface area contributed by atoms with Crippen molar-refractivity contribution in [3.63, 3.8) is 0 Å². The van der Waals surface area contributed by atoms with Crippen LogP contribution in [0.2, 0.25) is 0 Å². The summed E-state index contributed by atoms with van der Waals surface area (Å²) in [7, 11) is 3.23. The number of thioether (sulfide) groups is 1. The molecule has 0 unspecified atom stereocenters. The van der Waals surface area contributed by atoms with Crippen LogP contribution in [0, 0.1) is 6.92 Å². The first-order valence-electron chi connectivity index (χ1n) is 10.2. The zero-order chi connectivity index (χ0) is 23.2. The van der Waals surface area contributed by atoms with Crippen molar-refractivity contribution in [2.24, 2.45) is 0 Å². The third-order valence-electron chi connectivity index (χ3n) is 5.03. The van der Waals surface area contributed by atoms with Crippen LogP contribution in [0.25, 0.3) is 11.5 Å². The molecular formula is C24H23N3O5S. The fourth-order valence-electron chi connectivity index (χ4n) is 3.27. The molecule has 0 radical (unpaired) electrons. The van der Waals surface area contributed by atoms with Gasteiger partial charge in [-0.25, -0.2) is 0 Å². The number of benzene rings is 2. The van der Waals surface area contributed by atoms with Crippen molar-refractivity contribution in [3.05, 3.63) is 77.7 Å². The van der Waals surface area contributed by atoms with Gasteiger partial charge in [0.1, 0.15) is 17.3 Å². The lowest BCUT2D eigenvalue weighted by atomic mass is 9.98. The van der Waals surface area contributed by atoms with Crippen LogP contribution >= 0.6 is 11.8 Å². The zero-order valence-electron chi connectivity index (χ0n) is 18.4. The summed E-state index contributed by atoms with van der Waals surface area (Å²) in [4.78, 5) is 12.8. The fourth-order valence-corrected chi connectivity index (χ4v) is 3.84. The number of amides is 1. The number of ether oxygens (including phenoxy) is 2. The maximum absolute atomic E-state index is 12.8. The quantitative estimate of drug-likeness (QED) is 0.357. The van der Waals surface area contributed by atoms with E-state index in [0.717, 1.165) is 28.2 Å². The van der Waals surface area contributed by atoms with Crippen LogP contribution in [0.5, 0.6) is 11.5 Å². The highest BCUT2D eigenvalue weighted by Crippen LogP contribution is 2.28. The number of aryl methyl sites for hydroxylation is 1. The molecule has 0 aliphatic heterocycles. The van der Waals surface area contributed by atoms with Crippen molar-refractivity contribution in [2.75, 3.05) is 20.0 Å². The number of carbonyl (C=O) groups is 1. The second kappa shape index (κ2) is 10.3. The molecule has 4 rings (SSSR count). The second-order valence-corrected chi connectivity index (χ2v) is 8.03. The van der Waals surface area contributed by atoms with Gasteiger partial charge in [-0.05, 0) is 48.4 Å². The summed E-state index contributed by atoms with van der Waals surface area (Å²) in [6, 6.07) is 16.6. The van der Waals surface area contributed by atoms with E-state index in [1.54, 1.807) is 26.5 Å². The summed E-state index contributed by atoms with van der Waals surface area (Å²) >= 11 is 1.17. The molecule has 2 aromatic heterocycles. The van der Waals surface area contributed by atoms with Gasteiger partial charge in [0.15, 0.2) is 0 Å². The normalized spacial score (nSPS) is 10.9. The number of methoxy groups -OCH3 is 2. The van der Waals surface area contributed by atoms with Gasteiger partial charge in [-0.3, -0.25) is 4.79 Å². The third-order valence-corrected chi connectivity index (χ3v) is 5.84. The zero-order valence-corrected chi connectivity index (χ0v) is 19.2. The van der Waals surface area contributed by atoms with E-state index in [4.69, 9.17) is 18.3 Å². The van der Waals surface area contributed by atoms with Gasteiger partial charge in [0.05, 0.1) is 37.8 Å². The molecule has 0 aliphatic rings. The van der Waals surface area contributed by atoms with E-state index in [9.17, 15) is 4.79 Å². The molecule has 1 N–H and O–H groups in total. The molecule has 2 heterocycles. The number of nitrogens with one attached hydrogen (secondary N) is 1. The van der Waals surface area contributed by atoms with Crippen molar-refractivity contribution < 1.29 is 23.1 Å². The van der Waals surface area contributed by atoms with Crippen molar-refractivity contribution in [3.8, 4) is 23.0 Å². The molecule has 0 atom stereocenters. The summed E-state index contributed by atoms with van der Waals surface area (Å²) in [5.41, 5.74) is 2.59. The van der Waals surface area contributed by atoms with Crippen LogP contribution < -0.4 is 14.8 Å². The van der Waals surface area contributed by atoms with Crippen LogP contribution in [-0.2, 0) is 4.79 Å². The minimum Gasteiger partial charge on any atom is -0.497 e. The van der Waals surface area contributed by atoms with Gasteiger partial charge in [0, 0.05) is 0 Å². The van der Waals surface area contributed by atoms with Gasteiger partial charge >= 0.3 is 0 Å². The molecule has 0 saturated heterocycles. The molecule has 8 nitrogen and oxygen atoms in total. The highest BCUT2D eigenvalue weighted by Gasteiger charge is 2.19. The average Bonchev–Trinajstić information content (AvgIpc) is 3.50. The number of hydrogen-bond donors (Lipinski definition) is 1. The predicted octanol–water partition coefficient (Wildman–Crippen LogP) is 4.65. The summed E-state index contributed by atoms with van der Waals surface area (Å²) < 4.78 is 21.4. The molecule has 1 amide bonds. The monoisotopic (exact) mass is 465 g/mol. The van der Waals surface area contributed by atoms with E-state index in [-0.39, 0.29) is 17.7 Å². The van der Waals surface area contributed by atoms with Crippen molar-refractivity contribution >= 4 is 17.7 Å². The van der Waals surface area contributed by atoms with Crippen LogP contribution in [-0.4, -0.2) is 36.1 Å². The number of furan rings is 1. The number of carbonyl (C=O) groups excluding carboxylic acids is 1. The predicted molar refractivity (Wildman–Crippen MR) is 123 cm³/mol. The Morgan fingerprint density at radius 2 is 1.58 bits per heavy atom. The maximum Gasteiger partial charge on any atom is 0.277 e. The maximum atomic E-state index is 12.8. The molecule has 0 spiro atoms. The molecule has 4 aromatic rings. The van der Waals surface area contributed by atoms with Crippen LogP contribution in [0.1, 0.15) is 22.9 Å². The molecule has 170 valence electrons. The van der Waals surface area contributed by atoms with E-state index >= 15 is 0 Å². The van der Waals surface area contributed by atoms with Crippen molar-refractivity contribution in [2.45, 2.75) is 18.2 Å².